The molecular weight excluding hydrogens is 229 g/mol. The summed E-state index contributed by atoms with van der Waals surface area (Å²) in [6.45, 7) is 4.28. The molecule has 0 aromatic heterocycles. The number of anilines is 1. The zero-order valence-electron chi connectivity index (χ0n) is 11.2. The fraction of sp³-hybridized carbons (Fsp3) is 0.571. The molecule has 1 saturated heterocycles. The molecule has 1 aromatic rings. The van der Waals surface area contributed by atoms with Gasteiger partial charge >= 0.3 is 0 Å². The highest BCUT2D eigenvalue weighted by Gasteiger charge is 2.22. The van der Waals surface area contributed by atoms with Crippen LogP contribution in [0.5, 0.6) is 0 Å². The van der Waals surface area contributed by atoms with Gasteiger partial charge in [-0.25, -0.2) is 4.39 Å². The summed E-state index contributed by atoms with van der Waals surface area (Å²) in [5.41, 5.74) is 0.986. The Balaban J connectivity index is 1.68. The van der Waals surface area contributed by atoms with Gasteiger partial charge in [-0.15, -0.1) is 0 Å². The first-order valence-electron chi connectivity index (χ1n) is 6.53. The van der Waals surface area contributed by atoms with Gasteiger partial charge in [0.15, 0.2) is 0 Å². The molecule has 1 N–H and O–H groups in total. The van der Waals surface area contributed by atoms with Crippen LogP contribution < -0.4 is 5.32 Å². The Morgan fingerprint density at radius 1 is 1.33 bits per heavy atom. The van der Waals surface area contributed by atoms with E-state index in [0.29, 0.717) is 6.04 Å². The summed E-state index contributed by atoms with van der Waals surface area (Å²) in [5.74, 6) is -0.186. The lowest BCUT2D eigenvalue weighted by Crippen LogP contribution is -2.33. The van der Waals surface area contributed by atoms with Crippen molar-refractivity contribution in [2.24, 2.45) is 0 Å². The van der Waals surface area contributed by atoms with Gasteiger partial charge < -0.3 is 10.2 Å². The summed E-state index contributed by atoms with van der Waals surface area (Å²) in [6.07, 6.45) is 1.25. The number of rotatable bonds is 5. The van der Waals surface area contributed by atoms with Gasteiger partial charge in [-0.05, 0) is 51.3 Å². The Morgan fingerprint density at radius 3 is 2.67 bits per heavy atom. The Bertz CT molecular complexity index is 364. The van der Waals surface area contributed by atoms with E-state index in [1.165, 1.54) is 25.1 Å². The van der Waals surface area contributed by atoms with Crippen LogP contribution in [0, 0.1) is 5.82 Å². The van der Waals surface area contributed by atoms with Gasteiger partial charge in [0.2, 0.25) is 0 Å². The largest absolute Gasteiger partial charge is 0.384 e. The summed E-state index contributed by atoms with van der Waals surface area (Å²) in [6, 6.07) is 7.22. The lowest BCUT2D eigenvalue weighted by molar-refractivity contribution is 0.273. The van der Waals surface area contributed by atoms with Gasteiger partial charge in [-0.2, -0.15) is 0 Å². The van der Waals surface area contributed by atoms with Crippen LogP contribution in [0.2, 0.25) is 0 Å². The van der Waals surface area contributed by atoms with E-state index >= 15 is 0 Å². The minimum atomic E-state index is -0.186. The Kier molecular flexibility index (Phi) is 4.55. The van der Waals surface area contributed by atoms with E-state index in [9.17, 15) is 4.39 Å². The summed E-state index contributed by atoms with van der Waals surface area (Å²) >= 11 is 0. The van der Waals surface area contributed by atoms with E-state index in [2.05, 4.69) is 29.2 Å². The Morgan fingerprint density at radius 2 is 2.06 bits per heavy atom. The molecule has 1 aliphatic rings. The van der Waals surface area contributed by atoms with Crippen molar-refractivity contribution < 1.29 is 4.39 Å². The average molecular weight is 251 g/mol. The van der Waals surface area contributed by atoms with Crippen molar-refractivity contribution in [1.82, 2.24) is 9.80 Å². The molecule has 0 radical (unpaired) electrons. The van der Waals surface area contributed by atoms with Crippen molar-refractivity contribution in [3.05, 3.63) is 30.1 Å². The zero-order valence-corrected chi connectivity index (χ0v) is 11.2. The summed E-state index contributed by atoms with van der Waals surface area (Å²) in [5, 5.41) is 3.32. The molecule has 1 heterocycles. The van der Waals surface area contributed by atoms with Crippen LogP contribution in [0.4, 0.5) is 10.1 Å². The molecule has 3 nitrogen and oxygen atoms in total. The monoisotopic (exact) mass is 251 g/mol. The third kappa shape index (κ3) is 3.68. The van der Waals surface area contributed by atoms with Gasteiger partial charge in [0.25, 0.3) is 0 Å². The number of benzene rings is 1. The van der Waals surface area contributed by atoms with E-state index in [4.69, 9.17) is 0 Å². The van der Waals surface area contributed by atoms with Gasteiger partial charge in [-0.1, -0.05) is 0 Å². The van der Waals surface area contributed by atoms with Crippen LogP contribution in [0.25, 0.3) is 0 Å². The maximum Gasteiger partial charge on any atom is 0.123 e. The number of nitrogens with zero attached hydrogens (tertiary/aromatic N) is 2. The maximum atomic E-state index is 12.7. The second kappa shape index (κ2) is 6.16. The standard InChI is InChI=1S/C14H22FN3/c1-17(2)14-7-9-18(11-14)10-8-16-13-5-3-12(15)4-6-13/h3-6,14,16H,7-11H2,1-2H3. The van der Waals surface area contributed by atoms with Gasteiger partial charge in [0.05, 0.1) is 0 Å². The lowest BCUT2D eigenvalue weighted by Gasteiger charge is -2.20. The first kappa shape index (κ1) is 13.3. The molecule has 0 saturated carbocycles. The molecule has 1 aromatic carbocycles. The van der Waals surface area contributed by atoms with Crippen LogP contribution >= 0.6 is 0 Å². The molecule has 0 bridgehead atoms. The fourth-order valence-corrected chi connectivity index (χ4v) is 2.36. The van der Waals surface area contributed by atoms with Crippen molar-refractivity contribution in [1.29, 1.82) is 0 Å². The predicted octanol–water partition coefficient (Wildman–Crippen LogP) is 1.87. The number of likely N-dealkylation sites (tertiary alicyclic amines) is 1. The van der Waals surface area contributed by atoms with Crippen LogP contribution in [0.15, 0.2) is 24.3 Å². The molecule has 1 atom stereocenters. The van der Waals surface area contributed by atoms with E-state index in [0.717, 1.165) is 25.3 Å². The molecule has 0 aliphatic carbocycles. The van der Waals surface area contributed by atoms with Crippen molar-refractivity contribution in [3.63, 3.8) is 0 Å². The van der Waals surface area contributed by atoms with Crippen LogP contribution in [-0.4, -0.2) is 56.1 Å². The first-order valence-corrected chi connectivity index (χ1v) is 6.53. The summed E-state index contributed by atoms with van der Waals surface area (Å²) in [4.78, 5) is 4.77. The molecule has 1 unspecified atom stereocenters. The average Bonchev–Trinajstić information content (AvgIpc) is 2.81. The number of hydrogen-bond donors (Lipinski definition) is 1. The summed E-state index contributed by atoms with van der Waals surface area (Å²) < 4.78 is 12.7. The van der Waals surface area contributed by atoms with Crippen LogP contribution in [-0.2, 0) is 0 Å². The molecule has 0 amide bonds. The SMILES string of the molecule is CN(C)C1CCN(CCNc2ccc(F)cc2)C1. The molecule has 0 spiro atoms. The third-order valence-electron chi connectivity index (χ3n) is 3.58. The molecule has 2 rings (SSSR count). The Labute approximate surface area is 109 Å². The first-order chi connectivity index (χ1) is 8.65. The van der Waals surface area contributed by atoms with Crippen LogP contribution in [0.1, 0.15) is 6.42 Å². The minimum absolute atomic E-state index is 0.186. The second-order valence-electron chi connectivity index (χ2n) is 5.14. The highest BCUT2D eigenvalue weighted by atomic mass is 19.1. The molecule has 100 valence electrons. The molecule has 18 heavy (non-hydrogen) atoms. The zero-order chi connectivity index (χ0) is 13.0. The van der Waals surface area contributed by atoms with E-state index in [-0.39, 0.29) is 5.82 Å². The quantitative estimate of drug-likeness (QED) is 0.862. The lowest BCUT2D eigenvalue weighted by atomic mass is 10.2. The summed E-state index contributed by atoms with van der Waals surface area (Å²) in [7, 11) is 4.29. The number of nitrogens with one attached hydrogen (secondary N) is 1. The van der Waals surface area contributed by atoms with Crippen LogP contribution in [0.3, 0.4) is 0 Å². The van der Waals surface area contributed by atoms with Gasteiger partial charge in [-0.3, -0.25) is 4.90 Å². The number of halogens is 1. The van der Waals surface area contributed by atoms with E-state index in [1.807, 2.05) is 0 Å². The highest BCUT2D eigenvalue weighted by Crippen LogP contribution is 2.13. The molecule has 1 aliphatic heterocycles. The second-order valence-corrected chi connectivity index (χ2v) is 5.14. The highest BCUT2D eigenvalue weighted by molar-refractivity contribution is 5.42. The van der Waals surface area contributed by atoms with Crippen molar-refractivity contribution in [3.8, 4) is 0 Å². The van der Waals surface area contributed by atoms with Crippen molar-refractivity contribution in [2.45, 2.75) is 12.5 Å². The van der Waals surface area contributed by atoms with Gasteiger partial charge in [0.1, 0.15) is 5.82 Å². The molecular formula is C14H22FN3. The number of hydrogen-bond acceptors (Lipinski definition) is 3. The topological polar surface area (TPSA) is 18.5 Å². The maximum absolute atomic E-state index is 12.7. The number of likely N-dealkylation sites (N-methyl/N-ethyl adjacent to an activating group) is 1. The fourth-order valence-electron chi connectivity index (χ4n) is 2.36. The Hall–Kier alpha value is -1.13. The third-order valence-corrected chi connectivity index (χ3v) is 3.58. The molecule has 4 heteroatoms. The normalized spacial score (nSPS) is 20.6. The van der Waals surface area contributed by atoms with E-state index < -0.39 is 0 Å². The van der Waals surface area contributed by atoms with E-state index in [1.54, 1.807) is 12.1 Å². The predicted molar refractivity (Wildman–Crippen MR) is 73.4 cm³/mol. The smallest absolute Gasteiger partial charge is 0.123 e. The molecule has 1 fully saturated rings. The van der Waals surface area contributed by atoms with Gasteiger partial charge in [0, 0.05) is 31.4 Å². The minimum Gasteiger partial charge on any atom is -0.384 e. The van der Waals surface area contributed by atoms with Crippen molar-refractivity contribution in [2.75, 3.05) is 45.6 Å². The van der Waals surface area contributed by atoms with Crippen molar-refractivity contribution >= 4 is 5.69 Å².